The Bertz CT molecular complexity index is 1390. The first-order chi connectivity index (χ1) is 16.6. The van der Waals surface area contributed by atoms with Crippen LogP contribution in [0, 0.1) is 0 Å². The largest absolute Gasteiger partial charge is 0.378 e. The van der Waals surface area contributed by atoms with Gasteiger partial charge in [-0.15, -0.1) is 0 Å². The maximum atomic E-state index is 12.7. The first kappa shape index (κ1) is 25.2. The summed E-state index contributed by atoms with van der Waals surface area (Å²) in [5.74, 6) is 0.0158. The average molecular weight is 536 g/mol. The van der Waals surface area contributed by atoms with Crippen LogP contribution in [-0.4, -0.2) is 65.6 Å². The molecule has 186 valence electrons. The molecule has 1 aromatic heterocycles. The summed E-state index contributed by atoms with van der Waals surface area (Å²) in [6, 6.07) is 15.7. The molecule has 0 amide bonds. The third-order valence-corrected chi connectivity index (χ3v) is 7.52. The van der Waals surface area contributed by atoms with Crippen LogP contribution in [0.5, 0.6) is 0 Å². The molecule has 0 unspecified atom stereocenters. The number of hydrogen-bond acceptors (Lipinski definition) is 9. The Labute approximate surface area is 209 Å². The number of benzene rings is 2. The molecule has 2 heterocycles. The lowest BCUT2D eigenvalue weighted by Gasteiger charge is -2.29. The molecule has 1 saturated heterocycles. The molecule has 35 heavy (non-hydrogen) atoms. The zero-order chi connectivity index (χ0) is 25.1. The Kier molecular flexibility index (Phi) is 7.50. The Morgan fingerprint density at radius 3 is 2.37 bits per heavy atom. The van der Waals surface area contributed by atoms with Gasteiger partial charge in [0.05, 0.1) is 31.4 Å². The van der Waals surface area contributed by atoms with Gasteiger partial charge in [0, 0.05) is 35.6 Å². The van der Waals surface area contributed by atoms with Crippen molar-refractivity contribution >= 4 is 54.8 Å². The van der Waals surface area contributed by atoms with E-state index in [0.29, 0.717) is 29.6 Å². The molecule has 0 saturated carbocycles. The third kappa shape index (κ3) is 6.84. The molecule has 0 spiro atoms. The van der Waals surface area contributed by atoms with Gasteiger partial charge < -0.3 is 9.64 Å². The van der Waals surface area contributed by atoms with Gasteiger partial charge in [0.1, 0.15) is 5.03 Å². The fourth-order valence-corrected chi connectivity index (χ4v) is 5.80. The van der Waals surface area contributed by atoms with E-state index >= 15 is 0 Å². The second kappa shape index (κ2) is 10.4. The van der Waals surface area contributed by atoms with Crippen molar-refractivity contribution in [2.45, 2.75) is 9.92 Å². The molecule has 1 aliphatic heterocycles. The second-order valence-electron chi connectivity index (χ2n) is 7.84. The molecule has 1 fully saturated rings. The second-order valence-corrected chi connectivity index (χ2v) is 12.5. The molecule has 2 aromatic carbocycles. The Morgan fingerprint density at radius 2 is 1.71 bits per heavy atom. The fourth-order valence-electron chi connectivity index (χ4n) is 3.52. The Balaban J connectivity index is 1.59. The number of nitrogens with zero attached hydrogens (tertiary/aromatic N) is 4. The number of hydrogen-bond donors (Lipinski definition) is 1. The maximum absolute atomic E-state index is 12.7. The standard InChI is InChI=1S/C22H25N5O5S3/c1-34(28,29)25-17-4-3-5-20(16-17)33-21-10-11-23-22(24-21)27(35(2,30)31)19-8-6-18(7-9-19)26-12-14-32-15-13-26/h3-11,16,25H,12-15H2,1-2H3. The summed E-state index contributed by atoms with van der Waals surface area (Å²) < 4.78 is 57.4. The molecule has 0 aliphatic carbocycles. The van der Waals surface area contributed by atoms with Gasteiger partial charge in [0.25, 0.3) is 0 Å². The van der Waals surface area contributed by atoms with Crippen LogP contribution in [0.15, 0.2) is 70.7 Å². The van der Waals surface area contributed by atoms with Crippen LogP contribution >= 0.6 is 11.8 Å². The zero-order valence-corrected chi connectivity index (χ0v) is 21.6. The summed E-state index contributed by atoms with van der Waals surface area (Å²) in [7, 11) is -7.15. The minimum atomic E-state index is -3.74. The van der Waals surface area contributed by atoms with Gasteiger partial charge in [-0.2, -0.15) is 0 Å². The summed E-state index contributed by atoms with van der Waals surface area (Å²) in [6.45, 7) is 2.86. The predicted octanol–water partition coefficient (Wildman–Crippen LogP) is 2.93. The highest BCUT2D eigenvalue weighted by Crippen LogP contribution is 2.32. The van der Waals surface area contributed by atoms with E-state index in [0.717, 1.165) is 40.5 Å². The van der Waals surface area contributed by atoms with Crippen molar-refractivity contribution in [1.82, 2.24) is 9.97 Å². The van der Waals surface area contributed by atoms with Crippen molar-refractivity contribution in [3.63, 3.8) is 0 Å². The van der Waals surface area contributed by atoms with Crippen molar-refractivity contribution in [2.75, 3.05) is 52.7 Å². The van der Waals surface area contributed by atoms with Gasteiger partial charge in [0.15, 0.2) is 0 Å². The topological polar surface area (TPSA) is 122 Å². The van der Waals surface area contributed by atoms with Gasteiger partial charge in [-0.25, -0.2) is 31.1 Å². The SMILES string of the molecule is CS(=O)(=O)Nc1cccc(Sc2ccnc(N(c3ccc(N4CCOCC4)cc3)S(C)(=O)=O)n2)c1. The molecule has 10 nitrogen and oxygen atoms in total. The molecular formula is C22H25N5O5S3. The predicted molar refractivity (Wildman–Crippen MR) is 138 cm³/mol. The summed E-state index contributed by atoms with van der Waals surface area (Å²) in [6.07, 6.45) is 3.67. The van der Waals surface area contributed by atoms with E-state index in [9.17, 15) is 16.8 Å². The molecule has 4 rings (SSSR count). The van der Waals surface area contributed by atoms with Crippen molar-refractivity contribution in [3.05, 3.63) is 60.8 Å². The van der Waals surface area contributed by atoms with Gasteiger partial charge in [-0.05, 0) is 48.5 Å². The monoisotopic (exact) mass is 535 g/mol. The van der Waals surface area contributed by atoms with E-state index in [1.807, 2.05) is 12.1 Å². The lowest BCUT2D eigenvalue weighted by Crippen LogP contribution is -2.36. The van der Waals surface area contributed by atoms with E-state index in [4.69, 9.17) is 4.74 Å². The molecule has 1 N–H and O–H groups in total. The highest BCUT2D eigenvalue weighted by Gasteiger charge is 2.23. The summed E-state index contributed by atoms with van der Waals surface area (Å²) in [4.78, 5) is 11.6. The van der Waals surface area contributed by atoms with Crippen LogP contribution in [0.4, 0.5) is 23.0 Å². The maximum Gasteiger partial charge on any atom is 0.245 e. The minimum absolute atomic E-state index is 0.0158. The summed E-state index contributed by atoms with van der Waals surface area (Å²) >= 11 is 1.26. The highest BCUT2D eigenvalue weighted by molar-refractivity contribution is 7.99. The molecule has 1 aliphatic rings. The normalized spacial score (nSPS) is 14.5. The number of rotatable bonds is 8. The molecule has 3 aromatic rings. The quantitative estimate of drug-likeness (QED) is 0.434. The van der Waals surface area contributed by atoms with E-state index in [-0.39, 0.29) is 5.95 Å². The van der Waals surface area contributed by atoms with Crippen molar-refractivity contribution in [1.29, 1.82) is 0 Å². The molecule has 13 heteroatoms. The zero-order valence-electron chi connectivity index (χ0n) is 19.2. The van der Waals surface area contributed by atoms with Crippen LogP contribution in [-0.2, 0) is 24.8 Å². The van der Waals surface area contributed by atoms with Crippen LogP contribution in [0.1, 0.15) is 0 Å². The fraction of sp³-hybridized carbons (Fsp3) is 0.273. The van der Waals surface area contributed by atoms with Gasteiger partial charge in [-0.1, -0.05) is 17.8 Å². The molecule has 0 atom stereocenters. The first-order valence-corrected chi connectivity index (χ1v) is 15.2. The minimum Gasteiger partial charge on any atom is -0.378 e. The van der Waals surface area contributed by atoms with Crippen molar-refractivity contribution in [2.24, 2.45) is 0 Å². The van der Waals surface area contributed by atoms with Crippen LogP contribution in [0.3, 0.4) is 0 Å². The summed E-state index contributed by atoms with van der Waals surface area (Å²) in [5.41, 5.74) is 1.83. The molecule has 0 radical (unpaired) electrons. The number of sulfonamides is 2. The lowest BCUT2D eigenvalue weighted by molar-refractivity contribution is 0.122. The third-order valence-electron chi connectivity index (χ3n) is 4.95. The number of anilines is 4. The van der Waals surface area contributed by atoms with E-state index in [1.54, 1.807) is 42.5 Å². The number of aromatic nitrogens is 2. The average Bonchev–Trinajstić information content (AvgIpc) is 2.79. The van der Waals surface area contributed by atoms with Crippen molar-refractivity contribution < 1.29 is 21.6 Å². The highest BCUT2D eigenvalue weighted by atomic mass is 32.2. The van der Waals surface area contributed by atoms with Crippen molar-refractivity contribution in [3.8, 4) is 0 Å². The molecule has 0 bridgehead atoms. The van der Waals surface area contributed by atoms with E-state index in [2.05, 4.69) is 19.6 Å². The van der Waals surface area contributed by atoms with Gasteiger partial charge >= 0.3 is 0 Å². The van der Waals surface area contributed by atoms with Gasteiger partial charge in [-0.3, -0.25) is 4.72 Å². The van der Waals surface area contributed by atoms with E-state index < -0.39 is 20.0 Å². The van der Waals surface area contributed by atoms with Crippen LogP contribution in [0.25, 0.3) is 0 Å². The Hall–Kier alpha value is -2.87. The Morgan fingerprint density at radius 1 is 1.00 bits per heavy atom. The van der Waals surface area contributed by atoms with Crippen LogP contribution < -0.4 is 13.9 Å². The first-order valence-electron chi connectivity index (χ1n) is 10.6. The smallest absolute Gasteiger partial charge is 0.245 e. The summed E-state index contributed by atoms with van der Waals surface area (Å²) in [5, 5.41) is 0.505. The number of nitrogens with one attached hydrogen (secondary N) is 1. The van der Waals surface area contributed by atoms with Crippen LogP contribution in [0.2, 0.25) is 0 Å². The van der Waals surface area contributed by atoms with E-state index in [1.165, 1.54) is 18.0 Å². The number of ether oxygens (including phenoxy) is 1. The molecular weight excluding hydrogens is 510 g/mol. The van der Waals surface area contributed by atoms with Gasteiger partial charge in [0.2, 0.25) is 26.0 Å². The lowest BCUT2D eigenvalue weighted by atomic mass is 10.2. The number of morpholine rings is 1.